The maximum atomic E-state index is 12.9. The van der Waals surface area contributed by atoms with Crippen molar-refractivity contribution in [2.24, 2.45) is 0 Å². The molecule has 0 aromatic heterocycles. The Morgan fingerprint density at radius 1 is 1.26 bits per heavy atom. The Bertz CT molecular complexity index is 888. The summed E-state index contributed by atoms with van der Waals surface area (Å²) in [6.07, 6.45) is 6.74. The molecule has 138 valence electrons. The number of anilines is 2. The van der Waals surface area contributed by atoms with Gasteiger partial charge in [-0.2, -0.15) is 0 Å². The molecule has 1 fully saturated rings. The standard InChI is InChI=1S/C21H21N3O3/c1-3-15-8-6-9-16(14-15)22-21(26)23-17-10-7-13-24(20(17)25)18-11-4-5-12-19(18)27-2/h1,4-6,8-9,11-12,14,17H,7,10,13H2,2H3,(H2,22,23,26)/t17-/m1/s1. The van der Waals surface area contributed by atoms with E-state index >= 15 is 0 Å². The van der Waals surface area contributed by atoms with Crippen LogP contribution in [0.1, 0.15) is 18.4 Å². The molecule has 0 bridgehead atoms. The zero-order valence-corrected chi connectivity index (χ0v) is 15.1. The van der Waals surface area contributed by atoms with Crippen LogP contribution >= 0.6 is 0 Å². The highest BCUT2D eigenvalue weighted by molar-refractivity contribution is 6.02. The van der Waals surface area contributed by atoms with Crippen molar-refractivity contribution in [3.8, 4) is 18.1 Å². The van der Waals surface area contributed by atoms with Gasteiger partial charge in [0.1, 0.15) is 11.8 Å². The summed E-state index contributed by atoms with van der Waals surface area (Å²) in [6, 6.07) is 13.3. The molecule has 1 heterocycles. The Morgan fingerprint density at radius 3 is 2.85 bits per heavy atom. The number of rotatable bonds is 4. The van der Waals surface area contributed by atoms with Crippen LogP contribution in [-0.4, -0.2) is 31.6 Å². The molecule has 0 radical (unpaired) electrons. The first kappa shape index (κ1) is 18.3. The van der Waals surface area contributed by atoms with Gasteiger partial charge in [-0.1, -0.05) is 24.1 Å². The Kier molecular flexibility index (Phi) is 5.62. The first-order valence-electron chi connectivity index (χ1n) is 8.71. The number of nitrogens with one attached hydrogen (secondary N) is 2. The van der Waals surface area contributed by atoms with Crippen LogP contribution in [0.15, 0.2) is 48.5 Å². The van der Waals surface area contributed by atoms with E-state index < -0.39 is 12.1 Å². The summed E-state index contributed by atoms with van der Waals surface area (Å²) < 4.78 is 5.35. The van der Waals surface area contributed by atoms with E-state index in [2.05, 4.69) is 16.6 Å². The lowest BCUT2D eigenvalue weighted by Crippen LogP contribution is -2.53. The summed E-state index contributed by atoms with van der Waals surface area (Å²) in [5.41, 5.74) is 1.95. The average molecular weight is 363 g/mol. The lowest BCUT2D eigenvalue weighted by molar-refractivity contribution is -0.121. The summed E-state index contributed by atoms with van der Waals surface area (Å²) in [5, 5.41) is 5.48. The monoisotopic (exact) mass is 363 g/mol. The number of amides is 3. The molecule has 0 unspecified atom stereocenters. The minimum absolute atomic E-state index is 0.154. The van der Waals surface area contributed by atoms with Crippen LogP contribution in [0.25, 0.3) is 0 Å². The Morgan fingerprint density at radius 2 is 2.07 bits per heavy atom. The molecule has 1 saturated heterocycles. The predicted octanol–water partition coefficient (Wildman–Crippen LogP) is 2.99. The number of benzene rings is 2. The molecule has 1 aliphatic heterocycles. The number of terminal acetylenes is 1. The number of carbonyl (C=O) groups is 2. The van der Waals surface area contributed by atoms with Crippen molar-refractivity contribution in [1.82, 2.24) is 5.32 Å². The van der Waals surface area contributed by atoms with Crippen molar-refractivity contribution in [3.63, 3.8) is 0 Å². The third-order valence-electron chi connectivity index (χ3n) is 4.41. The molecule has 6 nitrogen and oxygen atoms in total. The minimum atomic E-state index is -0.598. The van der Waals surface area contributed by atoms with Gasteiger partial charge < -0.3 is 20.3 Å². The minimum Gasteiger partial charge on any atom is -0.495 e. The van der Waals surface area contributed by atoms with Crippen molar-refractivity contribution < 1.29 is 14.3 Å². The number of carbonyl (C=O) groups excluding carboxylic acids is 2. The number of methoxy groups -OCH3 is 1. The molecule has 1 aliphatic rings. The van der Waals surface area contributed by atoms with E-state index in [1.807, 2.05) is 24.3 Å². The van der Waals surface area contributed by atoms with Gasteiger partial charge in [-0.3, -0.25) is 4.79 Å². The van der Waals surface area contributed by atoms with E-state index in [9.17, 15) is 9.59 Å². The van der Waals surface area contributed by atoms with Crippen molar-refractivity contribution in [2.45, 2.75) is 18.9 Å². The molecule has 3 rings (SSSR count). The number of ether oxygens (including phenoxy) is 1. The summed E-state index contributed by atoms with van der Waals surface area (Å²) in [6.45, 7) is 0.587. The van der Waals surface area contributed by atoms with Crippen molar-refractivity contribution in [1.29, 1.82) is 0 Å². The summed E-state index contributed by atoms with van der Waals surface area (Å²) >= 11 is 0. The third-order valence-corrected chi connectivity index (χ3v) is 4.41. The van der Waals surface area contributed by atoms with Crippen molar-refractivity contribution >= 4 is 23.3 Å². The first-order chi connectivity index (χ1) is 13.1. The highest BCUT2D eigenvalue weighted by Crippen LogP contribution is 2.30. The molecular weight excluding hydrogens is 342 g/mol. The molecule has 0 aliphatic carbocycles. The molecule has 27 heavy (non-hydrogen) atoms. The van der Waals surface area contributed by atoms with E-state index in [-0.39, 0.29) is 5.91 Å². The molecule has 2 N–H and O–H groups in total. The molecule has 0 spiro atoms. The van der Waals surface area contributed by atoms with Gasteiger partial charge in [-0.15, -0.1) is 6.42 Å². The highest BCUT2D eigenvalue weighted by atomic mass is 16.5. The first-order valence-corrected chi connectivity index (χ1v) is 8.71. The Balaban J connectivity index is 1.69. The van der Waals surface area contributed by atoms with Gasteiger partial charge in [0.05, 0.1) is 12.8 Å². The Labute approximate surface area is 158 Å². The van der Waals surface area contributed by atoms with Gasteiger partial charge in [-0.05, 0) is 43.2 Å². The average Bonchev–Trinajstić information content (AvgIpc) is 2.69. The lowest BCUT2D eigenvalue weighted by atomic mass is 10.0. The van der Waals surface area contributed by atoms with E-state index in [0.29, 0.717) is 35.7 Å². The molecule has 3 amide bonds. The Hall–Kier alpha value is -3.46. The second kappa shape index (κ2) is 8.28. The normalized spacial score (nSPS) is 16.4. The largest absolute Gasteiger partial charge is 0.495 e. The van der Waals surface area contributed by atoms with E-state index in [1.165, 1.54) is 0 Å². The molecule has 1 atom stereocenters. The second-order valence-corrected chi connectivity index (χ2v) is 6.18. The smallest absolute Gasteiger partial charge is 0.319 e. The van der Waals surface area contributed by atoms with Gasteiger partial charge in [0, 0.05) is 17.8 Å². The zero-order valence-electron chi connectivity index (χ0n) is 15.1. The van der Waals surface area contributed by atoms with Gasteiger partial charge in [0.15, 0.2) is 0 Å². The quantitative estimate of drug-likeness (QED) is 0.821. The van der Waals surface area contributed by atoms with Crippen LogP contribution in [-0.2, 0) is 4.79 Å². The van der Waals surface area contributed by atoms with Gasteiger partial charge in [0.2, 0.25) is 5.91 Å². The second-order valence-electron chi connectivity index (χ2n) is 6.18. The maximum absolute atomic E-state index is 12.9. The van der Waals surface area contributed by atoms with Crippen molar-refractivity contribution in [3.05, 3.63) is 54.1 Å². The molecule has 0 saturated carbocycles. The van der Waals surface area contributed by atoms with E-state index in [0.717, 1.165) is 6.42 Å². The van der Waals surface area contributed by atoms with Crippen LogP contribution in [0.3, 0.4) is 0 Å². The van der Waals surface area contributed by atoms with E-state index in [1.54, 1.807) is 36.3 Å². The number of hydrogen-bond donors (Lipinski definition) is 2. The number of hydrogen-bond acceptors (Lipinski definition) is 3. The van der Waals surface area contributed by atoms with Crippen LogP contribution in [0.2, 0.25) is 0 Å². The fourth-order valence-corrected chi connectivity index (χ4v) is 3.11. The summed E-state index contributed by atoms with van der Waals surface area (Å²) in [7, 11) is 1.57. The lowest BCUT2D eigenvalue weighted by Gasteiger charge is -2.33. The topological polar surface area (TPSA) is 70.7 Å². The van der Waals surface area contributed by atoms with Gasteiger partial charge in [-0.25, -0.2) is 4.79 Å². The molecule has 6 heteroatoms. The molecule has 2 aromatic rings. The zero-order chi connectivity index (χ0) is 19.2. The number of urea groups is 1. The maximum Gasteiger partial charge on any atom is 0.319 e. The number of piperidine rings is 1. The summed E-state index contributed by atoms with van der Waals surface area (Å²) in [5.74, 6) is 2.99. The van der Waals surface area contributed by atoms with Gasteiger partial charge in [0.25, 0.3) is 0 Å². The highest BCUT2D eigenvalue weighted by Gasteiger charge is 2.32. The fraction of sp³-hybridized carbons (Fsp3) is 0.238. The third kappa shape index (κ3) is 4.21. The molecular formula is C21H21N3O3. The predicted molar refractivity (Wildman–Crippen MR) is 105 cm³/mol. The van der Waals surface area contributed by atoms with E-state index in [4.69, 9.17) is 11.2 Å². The van der Waals surface area contributed by atoms with Crippen LogP contribution in [0.4, 0.5) is 16.2 Å². The molecule has 2 aromatic carbocycles. The fourth-order valence-electron chi connectivity index (χ4n) is 3.11. The summed E-state index contributed by atoms with van der Waals surface area (Å²) in [4.78, 5) is 26.9. The SMILES string of the molecule is C#Cc1cccc(NC(=O)N[C@@H]2CCCN(c3ccccc3OC)C2=O)c1. The van der Waals surface area contributed by atoms with Crippen LogP contribution in [0, 0.1) is 12.3 Å². The van der Waals surface area contributed by atoms with Crippen molar-refractivity contribution in [2.75, 3.05) is 23.9 Å². The number of para-hydroxylation sites is 2. The number of nitrogens with zero attached hydrogens (tertiary/aromatic N) is 1. The van der Waals surface area contributed by atoms with Crippen LogP contribution in [0.5, 0.6) is 5.75 Å². The van der Waals surface area contributed by atoms with Gasteiger partial charge >= 0.3 is 6.03 Å². The van der Waals surface area contributed by atoms with Crippen LogP contribution < -0.4 is 20.3 Å².